The lowest BCUT2D eigenvalue weighted by molar-refractivity contribution is 0.0390. The summed E-state index contributed by atoms with van der Waals surface area (Å²) in [4.78, 5) is 15.4. The molecule has 2 heterocycles. The van der Waals surface area contributed by atoms with Crippen LogP contribution in [0.5, 0.6) is 5.75 Å². The van der Waals surface area contributed by atoms with Crippen LogP contribution in [0, 0.1) is 5.92 Å². The second-order valence-corrected chi connectivity index (χ2v) is 10.1. The zero-order valence-electron chi connectivity index (χ0n) is 16.6. The first-order valence-corrected chi connectivity index (χ1v) is 12.0. The quantitative estimate of drug-likeness (QED) is 0.770. The van der Waals surface area contributed by atoms with Gasteiger partial charge in [-0.05, 0) is 62.6 Å². The summed E-state index contributed by atoms with van der Waals surface area (Å²) in [6, 6.07) is 5.16. The highest BCUT2D eigenvalue weighted by Crippen LogP contribution is 2.37. The lowest BCUT2D eigenvalue weighted by atomic mass is 9.78. The molecular formula is C21H30N2O4S. The van der Waals surface area contributed by atoms with Gasteiger partial charge in [0.15, 0.2) is 0 Å². The number of methoxy groups -OCH3 is 1. The summed E-state index contributed by atoms with van der Waals surface area (Å²) in [6.45, 7) is 1.82. The second-order valence-electron chi connectivity index (χ2n) is 8.23. The van der Waals surface area contributed by atoms with Gasteiger partial charge in [0.2, 0.25) is 10.0 Å². The maximum absolute atomic E-state index is 13.3. The number of rotatable bonds is 4. The molecule has 0 bridgehead atoms. The Hall–Kier alpha value is -1.60. The van der Waals surface area contributed by atoms with Gasteiger partial charge < -0.3 is 9.64 Å². The van der Waals surface area contributed by atoms with Crippen molar-refractivity contribution in [3.05, 3.63) is 23.8 Å². The third-order valence-electron chi connectivity index (χ3n) is 6.60. The SMILES string of the molecule is COc1ccc(C(=O)N2CCCC3CCCCC32)cc1S(=O)(=O)N1CCCC1. The predicted octanol–water partition coefficient (Wildman–Crippen LogP) is 3.27. The van der Waals surface area contributed by atoms with E-state index >= 15 is 0 Å². The Labute approximate surface area is 167 Å². The van der Waals surface area contributed by atoms with Gasteiger partial charge in [0.05, 0.1) is 7.11 Å². The molecule has 0 radical (unpaired) electrons. The molecule has 7 heteroatoms. The van der Waals surface area contributed by atoms with Crippen LogP contribution in [0.2, 0.25) is 0 Å². The van der Waals surface area contributed by atoms with Crippen LogP contribution in [-0.4, -0.2) is 56.3 Å². The maximum Gasteiger partial charge on any atom is 0.254 e. The van der Waals surface area contributed by atoms with Crippen molar-refractivity contribution >= 4 is 15.9 Å². The van der Waals surface area contributed by atoms with E-state index in [1.165, 1.54) is 43.2 Å². The minimum atomic E-state index is -3.65. The Balaban J connectivity index is 1.65. The summed E-state index contributed by atoms with van der Waals surface area (Å²) in [5.74, 6) is 0.854. The van der Waals surface area contributed by atoms with Gasteiger partial charge in [-0.15, -0.1) is 0 Å². The minimum Gasteiger partial charge on any atom is -0.495 e. The zero-order chi connectivity index (χ0) is 19.7. The normalized spacial score (nSPS) is 26.1. The zero-order valence-corrected chi connectivity index (χ0v) is 17.4. The predicted molar refractivity (Wildman–Crippen MR) is 107 cm³/mol. The lowest BCUT2D eigenvalue weighted by Gasteiger charge is -2.44. The van der Waals surface area contributed by atoms with Gasteiger partial charge in [0, 0.05) is 31.2 Å². The summed E-state index contributed by atoms with van der Waals surface area (Å²) in [7, 11) is -2.18. The molecule has 2 unspecified atom stereocenters. The van der Waals surface area contributed by atoms with Crippen molar-refractivity contribution in [1.82, 2.24) is 9.21 Å². The third kappa shape index (κ3) is 3.54. The molecule has 28 heavy (non-hydrogen) atoms. The first kappa shape index (κ1) is 19.7. The molecule has 1 aliphatic carbocycles. The summed E-state index contributed by atoms with van der Waals surface area (Å²) in [5, 5.41) is 0. The van der Waals surface area contributed by atoms with Gasteiger partial charge in [-0.25, -0.2) is 8.42 Å². The molecule has 1 amide bonds. The Morgan fingerprint density at radius 3 is 2.46 bits per heavy atom. The van der Waals surface area contributed by atoms with E-state index in [-0.39, 0.29) is 10.8 Å². The molecule has 0 aromatic heterocycles. The van der Waals surface area contributed by atoms with Crippen LogP contribution in [0.25, 0.3) is 0 Å². The number of hydrogen-bond donors (Lipinski definition) is 0. The lowest BCUT2D eigenvalue weighted by Crippen LogP contribution is -2.49. The topological polar surface area (TPSA) is 66.9 Å². The van der Waals surface area contributed by atoms with Crippen molar-refractivity contribution in [3.63, 3.8) is 0 Å². The Morgan fingerprint density at radius 2 is 1.71 bits per heavy atom. The van der Waals surface area contributed by atoms with Crippen molar-refractivity contribution in [3.8, 4) is 5.75 Å². The average Bonchev–Trinajstić information content (AvgIpc) is 3.28. The number of nitrogens with zero attached hydrogens (tertiary/aromatic N) is 2. The van der Waals surface area contributed by atoms with Crippen LogP contribution < -0.4 is 4.74 Å². The number of carbonyl (C=O) groups is 1. The molecule has 0 N–H and O–H groups in total. The molecule has 3 fully saturated rings. The highest BCUT2D eigenvalue weighted by atomic mass is 32.2. The molecule has 1 aromatic carbocycles. The number of hydrogen-bond acceptors (Lipinski definition) is 4. The van der Waals surface area contributed by atoms with Gasteiger partial charge >= 0.3 is 0 Å². The van der Waals surface area contributed by atoms with Crippen LogP contribution in [0.15, 0.2) is 23.1 Å². The Kier molecular flexibility index (Phi) is 5.65. The minimum absolute atomic E-state index is 0.0443. The molecule has 4 rings (SSSR count). The van der Waals surface area contributed by atoms with Crippen LogP contribution in [0.4, 0.5) is 0 Å². The molecule has 1 saturated carbocycles. The maximum atomic E-state index is 13.3. The molecule has 6 nitrogen and oxygen atoms in total. The van der Waals surface area contributed by atoms with Crippen molar-refractivity contribution in [2.24, 2.45) is 5.92 Å². The van der Waals surface area contributed by atoms with Crippen molar-refractivity contribution in [2.75, 3.05) is 26.7 Å². The van der Waals surface area contributed by atoms with Crippen molar-refractivity contribution in [1.29, 1.82) is 0 Å². The van der Waals surface area contributed by atoms with E-state index in [2.05, 4.69) is 0 Å². The highest BCUT2D eigenvalue weighted by Gasteiger charge is 2.37. The van der Waals surface area contributed by atoms with E-state index in [9.17, 15) is 13.2 Å². The summed E-state index contributed by atoms with van der Waals surface area (Å²) < 4.78 is 33.1. The third-order valence-corrected chi connectivity index (χ3v) is 8.52. The fraction of sp³-hybridized carbons (Fsp3) is 0.667. The average molecular weight is 407 g/mol. The molecule has 2 atom stereocenters. The van der Waals surface area contributed by atoms with Crippen LogP contribution >= 0.6 is 0 Å². The summed E-state index contributed by atoms with van der Waals surface area (Å²) in [6.07, 6.45) is 8.66. The van der Waals surface area contributed by atoms with Gasteiger partial charge in [-0.2, -0.15) is 4.31 Å². The number of ether oxygens (including phenoxy) is 1. The molecule has 2 aliphatic heterocycles. The molecular weight excluding hydrogens is 376 g/mol. The smallest absolute Gasteiger partial charge is 0.254 e. The molecule has 1 aromatic rings. The number of carbonyl (C=O) groups excluding carboxylic acids is 1. The fourth-order valence-electron chi connectivity index (χ4n) is 5.12. The van der Waals surface area contributed by atoms with E-state index < -0.39 is 10.0 Å². The standard InChI is InChI=1S/C21H30N2O4S/c1-27-19-11-10-17(15-20(19)28(25,26)22-12-4-5-13-22)21(24)23-14-6-8-16-7-2-3-9-18(16)23/h10-11,15-16,18H,2-9,12-14H2,1H3. The first-order valence-electron chi connectivity index (χ1n) is 10.5. The van der Waals surface area contributed by atoms with Crippen molar-refractivity contribution < 1.29 is 17.9 Å². The summed E-state index contributed by atoms with van der Waals surface area (Å²) >= 11 is 0. The van der Waals surface area contributed by atoms with Gasteiger partial charge in [-0.3, -0.25) is 4.79 Å². The number of likely N-dealkylation sites (tertiary alicyclic amines) is 1. The number of sulfonamides is 1. The van der Waals surface area contributed by atoms with E-state index in [0.29, 0.717) is 36.4 Å². The largest absolute Gasteiger partial charge is 0.495 e. The molecule has 154 valence electrons. The first-order chi connectivity index (χ1) is 13.5. The molecule has 0 spiro atoms. The molecule has 2 saturated heterocycles. The van der Waals surface area contributed by atoms with Gasteiger partial charge in [0.25, 0.3) is 5.91 Å². The van der Waals surface area contributed by atoms with Crippen LogP contribution in [0.3, 0.4) is 0 Å². The van der Waals surface area contributed by atoms with Gasteiger partial charge in [-0.1, -0.05) is 12.8 Å². The Morgan fingerprint density at radius 1 is 1.00 bits per heavy atom. The monoisotopic (exact) mass is 406 g/mol. The fourth-order valence-corrected chi connectivity index (χ4v) is 6.82. The second kappa shape index (κ2) is 8.03. The summed E-state index contributed by atoms with van der Waals surface area (Å²) in [5.41, 5.74) is 0.449. The molecule has 3 aliphatic rings. The van der Waals surface area contributed by atoms with E-state index in [1.54, 1.807) is 12.1 Å². The van der Waals surface area contributed by atoms with Crippen LogP contribution in [0.1, 0.15) is 61.7 Å². The van der Waals surface area contributed by atoms with Crippen molar-refractivity contribution in [2.45, 2.75) is 62.3 Å². The number of benzene rings is 1. The van der Waals surface area contributed by atoms with Gasteiger partial charge in [0.1, 0.15) is 10.6 Å². The van der Waals surface area contributed by atoms with E-state index in [0.717, 1.165) is 32.2 Å². The van der Waals surface area contributed by atoms with E-state index in [1.807, 2.05) is 4.90 Å². The highest BCUT2D eigenvalue weighted by molar-refractivity contribution is 7.89. The number of amides is 1. The Bertz CT molecular complexity index is 831. The van der Waals surface area contributed by atoms with E-state index in [4.69, 9.17) is 4.74 Å². The number of fused-ring (bicyclic) bond motifs is 1. The van der Waals surface area contributed by atoms with Crippen LogP contribution in [-0.2, 0) is 10.0 Å². The number of piperidine rings is 1.